The Morgan fingerprint density at radius 3 is 1.63 bits per heavy atom. The molecule has 4 aromatic rings. The van der Waals surface area contributed by atoms with Crippen molar-refractivity contribution in [3.63, 3.8) is 0 Å². The van der Waals surface area contributed by atoms with Crippen molar-refractivity contribution in [3.8, 4) is 28.7 Å². The molecule has 4 rings (SSSR count). The monoisotopic (exact) mass is 514 g/mol. The van der Waals surface area contributed by atoms with Gasteiger partial charge in [-0.25, -0.2) is 4.79 Å². The zero-order chi connectivity index (χ0) is 27.9. The summed E-state index contributed by atoms with van der Waals surface area (Å²) >= 11 is 0. The van der Waals surface area contributed by atoms with E-state index in [1.807, 2.05) is 12.1 Å². The van der Waals surface area contributed by atoms with Gasteiger partial charge in [-0.3, -0.25) is 4.79 Å². The van der Waals surface area contributed by atoms with Crippen LogP contribution in [-0.2, 0) is 5.41 Å². The average Bonchev–Trinajstić information content (AvgIpc) is 2.89. The maximum Gasteiger partial charge on any atom is 0.347 e. The minimum atomic E-state index is -0.563. The van der Waals surface area contributed by atoms with Crippen molar-refractivity contribution < 1.29 is 34.4 Å². The number of hydrogen-bond acceptors (Lipinski definition) is 7. The molecule has 0 heterocycles. The van der Waals surface area contributed by atoms with E-state index in [2.05, 4.69) is 20.8 Å². The highest BCUT2D eigenvalue weighted by Crippen LogP contribution is 2.28. The molecule has 0 aliphatic rings. The number of carbonyl (C=O) groups is 2. The summed E-state index contributed by atoms with van der Waals surface area (Å²) in [5.41, 5.74) is 1.66. The summed E-state index contributed by atoms with van der Waals surface area (Å²) in [5, 5.41) is 29.0. The first-order valence-electron chi connectivity index (χ1n) is 11.8. The summed E-state index contributed by atoms with van der Waals surface area (Å²) in [5.74, 6) is -0.448. The number of hydrogen-bond donors (Lipinski definition) is 3. The number of methoxy groups -OCH3 is 1. The lowest BCUT2D eigenvalue weighted by atomic mass is 9.87. The van der Waals surface area contributed by atoms with Gasteiger partial charge in [-0.05, 0) is 59.5 Å². The summed E-state index contributed by atoms with van der Waals surface area (Å²) in [6.07, 6.45) is 0. The molecule has 196 valence electrons. The van der Waals surface area contributed by atoms with Crippen LogP contribution < -0.4 is 9.47 Å². The maximum atomic E-state index is 12.1. The molecule has 0 unspecified atom stereocenters. The molecule has 3 N–H and O–H groups in total. The highest BCUT2D eigenvalue weighted by Gasteiger charge is 2.17. The fraction of sp³-hybridized carbons (Fsp3) is 0.161. The molecule has 0 saturated carbocycles. The van der Waals surface area contributed by atoms with E-state index < -0.39 is 11.8 Å². The molecular weight excluding hydrogens is 484 g/mol. The lowest BCUT2D eigenvalue weighted by molar-refractivity contribution is 0.0731. The number of rotatable bonds is 5. The Hall–Kier alpha value is -4.78. The third-order valence-electron chi connectivity index (χ3n) is 5.65. The van der Waals surface area contributed by atoms with Crippen LogP contribution in [0, 0.1) is 0 Å². The van der Waals surface area contributed by atoms with Gasteiger partial charge in [0.2, 0.25) is 0 Å². The largest absolute Gasteiger partial charge is 0.507 e. The number of aromatic hydroxyl groups is 3. The molecule has 0 amide bonds. The molecule has 0 atom stereocenters. The van der Waals surface area contributed by atoms with Crippen molar-refractivity contribution in [2.24, 2.45) is 0 Å². The lowest BCUT2D eigenvalue weighted by Gasteiger charge is -2.19. The number of benzene rings is 4. The van der Waals surface area contributed by atoms with Gasteiger partial charge < -0.3 is 24.8 Å². The SMILES string of the molecule is CC(C)(C)c1ccc(OC(=O)c2ccccc2O)cc1.COc1ccc(C(=O)c2ccccc2O)c(O)c1. The minimum absolute atomic E-state index is 0.0558. The van der Waals surface area contributed by atoms with Crippen molar-refractivity contribution in [2.45, 2.75) is 26.2 Å². The molecule has 0 fully saturated rings. The first-order chi connectivity index (χ1) is 18.0. The topological polar surface area (TPSA) is 113 Å². The molecule has 0 radical (unpaired) electrons. The summed E-state index contributed by atoms with van der Waals surface area (Å²) in [6.45, 7) is 6.36. The van der Waals surface area contributed by atoms with E-state index in [-0.39, 0.29) is 39.4 Å². The fourth-order valence-corrected chi connectivity index (χ4v) is 3.47. The van der Waals surface area contributed by atoms with Gasteiger partial charge in [0.1, 0.15) is 34.3 Å². The van der Waals surface area contributed by atoms with E-state index >= 15 is 0 Å². The van der Waals surface area contributed by atoms with Crippen molar-refractivity contribution >= 4 is 11.8 Å². The molecule has 0 bridgehead atoms. The first kappa shape index (κ1) is 27.8. The Bertz CT molecular complexity index is 1420. The molecule has 7 nitrogen and oxygen atoms in total. The first-order valence-corrected chi connectivity index (χ1v) is 11.8. The van der Waals surface area contributed by atoms with Crippen molar-refractivity contribution in [1.29, 1.82) is 0 Å². The molecule has 4 aromatic carbocycles. The Morgan fingerprint density at radius 2 is 1.13 bits per heavy atom. The van der Waals surface area contributed by atoms with Gasteiger partial charge in [0, 0.05) is 6.07 Å². The molecule has 0 aliphatic heterocycles. The molecule has 7 heteroatoms. The molecule has 38 heavy (non-hydrogen) atoms. The van der Waals surface area contributed by atoms with Crippen molar-refractivity contribution in [3.05, 3.63) is 113 Å². The minimum Gasteiger partial charge on any atom is -0.507 e. The average molecular weight is 515 g/mol. The van der Waals surface area contributed by atoms with Gasteiger partial charge in [-0.2, -0.15) is 0 Å². The Morgan fingerprint density at radius 1 is 0.632 bits per heavy atom. The Kier molecular flexibility index (Phi) is 8.76. The number of phenolic OH excluding ortho intramolecular Hbond substituents is 3. The van der Waals surface area contributed by atoms with E-state index in [4.69, 9.17) is 9.47 Å². The van der Waals surface area contributed by atoms with Crippen LogP contribution in [0.4, 0.5) is 0 Å². The molecule has 0 aliphatic carbocycles. The number of ketones is 1. The highest BCUT2D eigenvalue weighted by molar-refractivity contribution is 6.12. The predicted molar refractivity (Wildman–Crippen MR) is 144 cm³/mol. The van der Waals surface area contributed by atoms with Gasteiger partial charge in [0.25, 0.3) is 0 Å². The van der Waals surface area contributed by atoms with Gasteiger partial charge in [0.05, 0.1) is 18.2 Å². The quantitative estimate of drug-likeness (QED) is 0.164. The van der Waals surface area contributed by atoms with Gasteiger partial charge in [-0.15, -0.1) is 0 Å². The number of esters is 1. The number of phenols is 3. The summed E-state index contributed by atoms with van der Waals surface area (Å²) in [4.78, 5) is 24.1. The zero-order valence-corrected chi connectivity index (χ0v) is 21.6. The van der Waals surface area contributed by atoms with Crippen LogP contribution in [0.15, 0.2) is 91.0 Å². The van der Waals surface area contributed by atoms with Crippen molar-refractivity contribution in [2.75, 3.05) is 7.11 Å². The molecule has 0 spiro atoms. The number of carbonyl (C=O) groups excluding carboxylic acids is 2. The number of para-hydroxylation sites is 2. The normalized spacial score (nSPS) is 10.6. The lowest BCUT2D eigenvalue weighted by Crippen LogP contribution is -2.11. The van der Waals surface area contributed by atoms with E-state index in [0.717, 1.165) is 0 Å². The molecular formula is C31H30O7. The Balaban J connectivity index is 0.000000212. The molecule has 0 aromatic heterocycles. The second-order valence-corrected chi connectivity index (χ2v) is 9.41. The third-order valence-corrected chi connectivity index (χ3v) is 5.65. The van der Waals surface area contributed by atoms with Gasteiger partial charge in [0.15, 0.2) is 5.78 Å². The van der Waals surface area contributed by atoms with Crippen LogP contribution in [0.5, 0.6) is 28.7 Å². The van der Waals surface area contributed by atoms with Crippen LogP contribution in [-0.4, -0.2) is 34.2 Å². The highest BCUT2D eigenvalue weighted by atomic mass is 16.5. The third kappa shape index (κ3) is 6.91. The van der Waals surface area contributed by atoms with E-state index in [9.17, 15) is 24.9 Å². The van der Waals surface area contributed by atoms with Crippen molar-refractivity contribution in [1.82, 2.24) is 0 Å². The van der Waals surface area contributed by atoms with Crippen LogP contribution in [0.3, 0.4) is 0 Å². The summed E-state index contributed by atoms with van der Waals surface area (Å²) < 4.78 is 10.2. The summed E-state index contributed by atoms with van der Waals surface area (Å²) in [7, 11) is 1.47. The smallest absolute Gasteiger partial charge is 0.347 e. The predicted octanol–water partition coefficient (Wildman–Crippen LogP) is 6.25. The van der Waals surface area contributed by atoms with Crippen LogP contribution in [0.2, 0.25) is 0 Å². The van der Waals surface area contributed by atoms with Crippen LogP contribution in [0.1, 0.15) is 52.6 Å². The van der Waals surface area contributed by atoms with E-state index in [1.165, 1.54) is 49.1 Å². The standard InChI is InChI=1S/C17H18O3.C14H12O4/c1-17(2,3)12-8-10-13(11-9-12)20-16(19)14-6-4-5-7-15(14)18;1-18-9-6-7-11(13(16)8-9)14(17)10-4-2-3-5-12(10)15/h4-11,18H,1-3H3;2-8,15-16H,1H3. The van der Waals surface area contributed by atoms with E-state index in [0.29, 0.717) is 11.5 Å². The second-order valence-electron chi connectivity index (χ2n) is 9.41. The molecule has 0 saturated heterocycles. The van der Waals surface area contributed by atoms with Crippen LogP contribution >= 0.6 is 0 Å². The summed E-state index contributed by atoms with van der Waals surface area (Å²) in [6, 6.07) is 24.3. The van der Waals surface area contributed by atoms with Gasteiger partial charge >= 0.3 is 5.97 Å². The van der Waals surface area contributed by atoms with Gasteiger partial charge in [-0.1, -0.05) is 57.2 Å². The zero-order valence-electron chi connectivity index (χ0n) is 21.6. The maximum absolute atomic E-state index is 12.1. The van der Waals surface area contributed by atoms with E-state index in [1.54, 1.807) is 42.5 Å². The second kappa shape index (κ2) is 12.0. The Labute approximate surface area is 221 Å². The number of ether oxygens (including phenoxy) is 2. The fourth-order valence-electron chi connectivity index (χ4n) is 3.47. The van der Waals surface area contributed by atoms with Crippen LogP contribution in [0.25, 0.3) is 0 Å².